The van der Waals surface area contributed by atoms with Crippen LogP contribution in [-0.4, -0.2) is 87.8 Å². The molecule has 162 valence electrons. The van der Waals surface area contributed by atoms with Crippen LogP contribution >= 0.6 is 0 Å². The van der Waals surface area contributed by atoms with Gasteiger partial charge in [-0.15, -0.1) is 0 Å². The minimum absolute atomic E-state index is 0.0824. The van der Waals surface area contributed by atoms with Gasteiger partial charge in [0.1, 0.15) is 0 Å². The van der Waals surface area contributed by atoms with Crippen LogP contribution < -0.4 is 5.32 Å². The molecule has 29 heavy (non-hydrogen) atoms. The molecule has 2 fully saturated rings. The van der Waals surface area contributed by atoms with E-state index in [0.29, 0.717) is 31.0 Å². The second-order valence-corrected chi connectivity index (χ2v) is 10.3. The average molecular weight is 423 g/mol. The quantitative estimate of drug-likeness (QED) is 0.714. The molecule has 2 heterocycles. The molecule has 0 saturated carbocycles. The van der Waals surface area contributed by atoms with Crippen LogP contribution in [0.25, 0.3) is 0 Å². The van der Waals surface area contributed by atoms with Crippen molar-refractivity contribution < 1.29 is 13.2 Å². The second kappa shape index (κ2) is 10.0. The topological polar surface area (TPSA) is 73.0 Å². The summed E-state index contributed by atoms with van der Waals surface area (Å²) in [6, 6.07) is 6.99. The molecule has 0 aliphatic carbocycles. The van der Waals surface area contributed by atoms with Gasteiger partial charge >= 0.3 is 0 Å². The molecule has 8 heteroatoms. The molecule has 2 aliphatic heterocycles. The van der Waals surface area contributed by atoms with Gasteiger partial charge in [-0.05, 0) is 44.9 Å². The normalized spacial score (nSPS) is 20.6. The molecule has 0 atom stereocenters. The summed E-state index contributed by atoms with van der Waals surface area (Å²) < 4.78 is 27.1. The molecule has 2 aliphatic rings. The van der Waals surface area contributed by atoms with Gasteiger partial charge in [-0.3, -0.25) is 9.69 Å². The number of aryl methyl sites for hydroxylation is 1. The summed E-state index contributed by atoms with van der Waals surface area (Å²) in [5.74, 6) is 0.335. The van der Waals surface area contributed by atoms with Crippen LogP contribution in [0.2, 0.25) is 0 Å². The Morgan fingerprint density at radius 1 is 1.03 bits per heavy atom. The first kappa shape index (κ1) is 22.2. The molecule has 0 aromatic heterocycles. The monoisotopic (exact) mass is 422 g/mol. The summed E-state index contributed by atoms with van der Waals surface area (Å²) in [5, 5.41) is 3.03. The van der Waals surface area contributed by atoms with E-state index in [1.807, 2.05) is 19.1 Å². The van der Waals surface area contributed by atoms with Crippen LogP contribution in [0.1, 0.15) is 24.8 Å². The molecule has 7 nitrogen and oxygen atoms in total. The maximum atomic E-state index is 12.8. The van der Waals surface area contributed by atoms with Crippen molar-refractivity contribution in [1.29, 1.82) is 0 Å². The van der Waals surface area contributed by atoms with Gasteiger partial charge in [0.15, 0.2) is 0 Å². The Hall–Kier alpha value is -1.48. The number of piperidine rings is 1. The number of benzene rings is 1. The Kier molecular flexibility index (Phi) is 7.67. The number of nitrogens with zero attached hydrogens (tertiary/aromatic N) is 3. The SMILES string of the molecule is Cc1ccc(S(=O)(=O)N2CCC(CC(=O)NCCN3CCN(C)CC3)CC2)cc1. The van der Waals surface area contributed by atoms with Crippen molar-refractivity contribution in [3.8, 4) is 0 Å². The molecule has 0 spiro atoms. The Labute approximate surface area is 175 Å². The fraction of sp³-hybridized carbons (Fsp3) is 0.667. The largest absolute Gasteiger partial charge is 0.355 e. The predicted molar refractivity (Wildman–Crippen MR) is 114 cm³/mol. The minimum Gasteiger partial charge on any atom is -0.355 e. The third-order valence-corrected chi connectivity index (χ3v) is 7.97. The zero-order valence-electron chi connectivity index (χ0n) is 17.6. The Morgan fingerprint density at radius 2 is 1.66 bits per heavy atom. The van der Waals surface area contributed by atoms with Gasteiger partial charge in [0.2, 0.25) is 15.9 Å². The number of hydrogen-bond acceptors (Lipinski definition) is 5. The average Bonchev–Trinajstić information content (AvgIpc) is 2.70. The molecule has 1 aromatic carbocycles. The van der Waals surface area contributed by atoms with Crippen molar-refractivity contribution in [2.24, 2.45) is 5.92 Å². The number of rotatable bonds is 7. The van der Waals surface area contributed by atoms with Crippen molar-refractivity contribution in [2.75, 3.05) is 59.4 Å². The molecular weight excluding hydrogens is 388 g/mol. The van der Waals surface area contributed by atoms with E-state index in [1.54, 1.807) is 16.4 Å². The Balaban J connectivity index is 1.38. The summed E-state index contributed by atoms with van der Waals surface area (Å²) in [4.78, 5) is 17.3. The van der Waals surface area contributed by atoms with E-state index >= 15 is 0 Å². The number of amides is 1. The minimum atomic E-state index is -3.44. The van der Waals surface area contributed by atoms with Crippen molar-refractivity contribution in [3.05, 3.63) is 29.8 Å². The molecule has 0 bridgehead atoms. The van der Waals surface area contributed by atoms with Crippen molar-refractivity contribution in [3.63, 3.8) is 0 Å². The zero-order valence-corrected chi connectivity index (χ0v) is 18.5. The fourth-order valence-electron chi connectivity index (χ4n) is 3.97. The summed E-state index contributed by atoms with van der Waals surface area (Å²) in [6.45, 7) is 8.76. The molecule has 3 rings (SSSR count). The number of carbonyl (C=O) groups is 1. The first-order chi connectivity index (χ1) is 13.8. The van der Waals surface area contributed by atoms with Crippen LogP contribution in [0, 0.1) is 12.8 Å². The first-order valence-corrected chi connectivity index (χ1v) is 12.0. The lowest BCUT2D eigenvalue weighted by Gasteiger charge is -2.32. The van der Waals surface area contributed by atoms with Crippen molar-refractivity contribution >= 4 is 15.9 Å². The molecule has 1 aromatic rings. The highest BCUT2D eigenvalue weighted by Crippen LogP contribution is 2.25. The molecule has 0 unspecified atom stereocenters. The zero-order chi connectivity index (χ0) is 20.9. The standard InChI is InChI=1S/C21H34N4O3S/c1-18-3-5-20(6-4-18)29(27,28)25-10-7-19(8-11-25)17-21(26)22-9-12-24-15-13-23(2)14-16-24/h3-6,19H,7-17H2,1-2H3,(H,22,26). The number of likely N-dealkylation sites (N-methyl/N-ethyl adjacent to an activating group) is 1. The van der Waals surface area contributed by atoms with E-state index in [2.05, 4.69) is 22.2 Å². The highest BCUT2D eigenvalue weighted by molar-refractivity contribution is 7.89. The van der Waals surface area contributed by atoms with E-state index in [0.717, 1.165) is 51.1 Å². The number of carbonyl (C=O) groups excluding carboxylic acids is 1. The van der Waals surface area contributed by atoms with E-state index in [1.165, 1.54) is 0 Å². The van der Waals surface area contributed by atoms with Gasteiger partial charge in [-0.2, -0.15) is 4.31 Å². The summed E-state index contributed by atoms with van der Waals surface area (Å²) >= 11 is 0. The lowest BCUT2D eigenvalue weighted by molar-refractivity contribution is -0.122. The lowest BCUT2D eigenvalue weighted by atomic mass is 9.94. The van der Waals surface area contributed by atoms with Gasteiger partial charge in [0, 0.05) is 58.8 Å². The van der Waals surface area contributed by atoms with Gasteiger partial charge in [0.05, 0.1) is 4.90 Å². The smallest absolute Gasteiger partial charge is 0.243 e. The van der Waals surface area contributed by atoms with Gasteiger partial charge in [-0.25, -0.2) is 8.42 Å². The summed E-state index contributed by atoms with van der Waals surface area (Å²) in [6.07, 6.45) is 1.95. The van der Waals surface area contributed by atoms with Gasteiger partial charge in [0.25, 0.3) is 0 Å². The van der Waals surface area contributed by atoms with Crippen LogP contribution in [0.3, 0.4) is 0 Å². The molecular formula is C21H34N4O3S. The Morgan fingerprint density at radius 3 is 2.28 bits per heavy atom. The predicted octanol–water partition coefficient (Wildman–Crippen LogP) is 1.15. The lowest BCUT2D eigenvalue weighted by Crippen LogP contribution is -2.47. The van der Waals surface area contributed by atoms with Crippen LogP contribution in [0.15, 0.2) is 29.2 Å². The van der Waals surface area contributed by atoms with E-state index < -0.39 is 10.0 Å². The third kappa shape index (κ3) is 6.25. The van der Waals surface area contributed by atoms with Crippen molar-refractivity contribution in [2.45, 2.75) is 31.1 Å². The number of sulfonamides is 1. The molecule has 1 N–H and O–H groups in total. The van der Waals surface area contributed by atoms with Crippen LogP contribution in [0.5, 0.6) is 0 Å². The molecule has 0 radical (unpaired) electrons. The van der Waals surface area contributed by atoms with E-state index in [-0.39, 0.29) is 11.8 Å². The van der Waals surface area contributed by atoms with Crippen molar-refractivity contribution in [1.82, 2.24) is 19.4 Å². The number of piperazine rings is 1. The highest BCUT2D eigenvalue weighted by Gasteiger charge is 2.30. The first-order valence-electron chi connectivity index (χ1n) is 10.6. The van der Waals surface area contributed by atoms with Gasteiger partial charge < -0.3 is 10.2 Å². The second-order valence-electron chi connectivity index (χ2n) is 8.36. The number of hydrogen-bond donors (Lipinski definition) is 1. The summed E-state index contributed by atoms with van der Waals surface area (Å²) in [7, 11) is -1.30. The maximum absolute atomic E-state index is 12.8. The maximum Gasteiger partial charge on any atom is 0.243 e. The summed E-state index contributed by atoms with van der Waals surface area (Å²) in [5.41, 5.74) is 1.04. The van der Waals surface area contributed by atoms with E-state index in [4.69, 9.17) is 0 Å². The highest BCUT2D eigenvalue weighted by atomic mass is 32.2. The fourth-order valence-corrected chi connectivity index (χ4v) is 5.44. The third-order valence-electron chi connectivity index (χ3n) is 6.05. The van der Waals surface area contributed by atoms with Crippen LogP contribution in [0.4, 0.5) is 0 Å². The molecule has 1 amide bonds. The van der Waals surface area contributed by atoms with Crippen LogP contribution in [-0.2, 0) is 14.8 Å². The molecule has 2 saturated heterocycles. The van der Waals surface area contributed by atoms with Gasteiger partial charge in [-0.1, -0.05) is 17.7 Å². The van der Waals surface area contributed by atoms with E-state index in [9.17, 15) is 13.2 Å². The number of nitrogens with one attached hydrogen (secondary N) is 1. The Bertz CT molecular complexity index is 766.